The van der Waals surface area contributed by atoms with Crippen molar-refractivity contribution in [3.05, 3.63) is 12.2 Å². The molecule has 6 rings (SSSR count). The van der Waals surface area contributed by atoms with Crippen LogP contribution in [0.2, 0.25) is 0 Å². The van der Waals surface area contributed by atoms with Crippen molar-refractivity contribution < 1.29 is 19.4 Å². The average molecular weight is 638 g/mol. The van der Waals surface area contributed by atoms with E-state index >= 15 is 0 Å². The number of carboxylic acid groups (broad SMARTS) is 1. The molecule has 5 nitrogen and oxygen atoms in total. The average Bonchev–Trinajstić information content (AvgIpc) is 3.71. The van der Waals surface area contributed by atoms with Crippen LogP contribution in [-0.2, 0) is 14.3 Å². The molecule has 0 aromatic rings. The fourth-order valence-corrected chi connectivity index (χ4v) is 13.5. The van der Waals surface area contributed by atoms with Gasteiger partial charge in [0.25, 0.3) is 0 Å². The Balaban J connectivity index is 1.22. The summed E-state index contributed by atoms with van der Waals surface area (Å²) in [5, 5.41) is 13.5. The summed E-state index contributed by atoms with van der Waals surface area (Å²) in [5.41, 5.74) is 1.54. The Hall–Kier alpha value is -1.36. The van der Waals surface area contributed by atoms with E-state index in [2.05, 4.69) is 53.4 Å². The first-order valence-electron chi connectivity index (χ1n) is 19.2. The number of ether oxygens (including phenoxy) is 1. The minimum Gasteiger partial charge on any atom is -0.481 e. The molecule has 6 fully saturated rings. The number of hydrogen-bond donors (Lipinski definition) is 2. The summed E-state index contributed by atoms with van der Waals surface area (Å²) in [5.74, 6) is 3.03. The van der Waals surface area contributed by atoms with E-state index in [-0.39, 0.29) is 29.3 Å². The molecule has 0 bridgehead atoms. The summed E-state index contributed by atoms with van der Waals surface area (Å²) < 4.78 is 6.19. The number of rotatable bonds is 10. The zero-order valence-corrected chi connectivity index (χ0v) is 30.7. The third-order valence-electron chi connectivity index (χ3n) is 16.5. The minimum absolute atomic E-state index is 0.0816. The molecule has 0 amide bonds. The molecule has 0 aliphatic heterocycles. The number of carbonyl (C=O) groups excluding carboxylic acids is 1. The maximum atomic E-state index is 13.0. The van der Waals surface area contributed by atoms with Gasteiger partial charge in [-0.25, -0.2) is 0 Å². The molecule has 0 aromatic heterocycles. The van der Waals surface area contributed by atoms with E-state index < -0.39 is 11.4 Å². The maximum absolute atomic E-state index is 13.0. The second kappa shape index (κ2) is 11.6. The van der Waals surface area contributed by atoms with Crippen LogP contribution in [0.5, 0.6) is 0 Å². The summed E-state index contributed by atoms with van der Waals surface area (Å²) in [7, 11) is 0. The normalized spacial score (nSPS) is 44.7. The lowest BCUT2D eigenvalue weighted by Gasteiger charge is -2.73. The fourth-order valence-electron chi connectivity index (χ4n) is 13.5. The lowest BCUT2D eigenvalue weighted by Crippen LogP contribution is -2.66. The molecule has 6 aliphatic carbocycles. The van der Waals surface area contributed by atoms with Gasteiger partial charge in [-0.05, 0) is 174 Å². The Morgan fingerprint density at radius 3 is 2.24 bits per heavy atom. The second-order valence-corrected chi connectivity index (χ2v) is 19.6. The molecular weight excluding hydrogens is 570 g/mol. The Morgan fingerprint density at radius 1 is 0.870 bits per heavy atom. The van der Waals surface area contributed by atoms with Crippen LogP contribution in [0.4, 0.5) is 0 Å². The number of allylic oxidation sites excluding steroid dienone is 1. The predicted molar refractivity (Wildman–Crippen MR) is 185 cm³/mol. The van der Waals surface area contributed by atoms with Crippen molar-refractivity contribution in [1.82, 2.24) is 5.32 Å². The van der Waals surface area contributed by atoms with Gasteiger partial charge in [0, 0.05) is 5.41 Å². The van der Waals surface area contributed by atoms with Gasteiger partial charge in [0.2, 0.25) is 0 Å². The summed E-state index contributed by atoms with van der Waals surface area (Å²) in [6.45, 7) is 25.3. The van der Waals surface area contributed by atoms with Gasteiger partial charge in [0.1, 0.15) is 6.10 Å². The smallest absolute Gasteiger partial charge is 0.309 e. The van der Waals surface area contributed by atoms with Crippen molar-refractivity contribution in [3.8, 4) is 0 Å². The van der Waals surface area contributed by atoms with Gasteiger partial charge in [-0.1, -0.05) is 46.8 Å². The molecule has 6 aliphatic rings. The molecule has 0 unspecified atom stereocenters. The lowest BCUT2D eigenvalue weighted by atomic mass is 9.32. The van der Waals surface area contributed by atoms with Crippen molar-refractivity contribution in [2.45, 2.75) is 151 Å². The van der Waals surface area contributed by atoms with Crippen LogP contribution < -0.4 is 5.32 Å². The van der Waals surface area contributed by atoms with Gasteiger partial charge in [-0.3, -0.25) is 9.59 Å². The van der Waals surface area contributed by atoms with E-state index in [0.717, 1.165) is 30.6 Å². The first kappa shape index (κ1) is 34.5. The minimum atomic E-state index is -1.11. The summed E-state index contributed by atoms with van der Waals surface area (Å²) in [6.07, 6.45) is 16.6. The molecule has 0 aromatic carbocycles. The van der Waals surface area contributed by atoms with E-state index in [9.17, 15) is 14.7 Å². The molecule has 2 N–H and O–H groups in total. The topological polar surface area (TPSA) is 75.6 Å². The Bertz CT molecular complexity index is 1220. The second-order valence-electron chi connectivity index (χ2n) is 19.6. The summed E-state index contributed by atoms with van der Waals surface area (Å²) in [6, 6.07) is 0. The number of carboxylic acids is 1. The lowest BCUT2D eigenvalue weighted by molar-refractivity contribution is -0.250. The van der Waals surface area contributed by atoms with Crippen LogP contribution in [0.15, 0.2) is 12.2 Å². The van der Waals surface area contributed by atoms with Crippen molar-refractivity contribution >= 4 is 11.9 Å². The Morgan fingerprint density at radius 2 is 1.59 bits per heavy atom. The Labute approximate surface area is 280 Å². The Kier molecular flexibility index (Phi) is 8.71. The molecule has 0 spiro atoms. The number of fused-ring (bicyclic) bond motifs is 7. The highest BCUT2D eigenvalue weighted by atomic mass is 16.5. The highest BCUT2D eigenvalue weighted by Crippen LogP contribution is 2.78. The van der Waals surface area contributed by atoms with Gasteiger partial charge in [-0.2, -0.15) is 0 Å². The van der Waals surface area contributed by atoms with Gasteiger partial charge in [0.15, 0.2) is 0 Å². The van der Waals surface area contributed by atoms with E-state index in [0.29, 0.717) is 34.0 Å². The summed E-state index contributed by atoms with van der Waals surface area (Å²) >= 11 is 0. The van der Waals surface area contributed by atoms with Gasteiger partial charge in [-0.15, -0.1) is 0 Å². The van der Waals surface area contributed by atoms with Gasteiger partial charge in [0.05, 0.1) is 11.8 Å². The fraction of sp³-hybridized carbons (Fsp3) is 0.902. The van der Waals surface area contributed by atoms with Gasteiger partial charge < -0.3 is 15.2 Å². The van der Waals surface area contributed by atoms with E-state index in [1.165, 1.54) is 89.3 Å². The van der Waals surface area contributed by atoms with Crippen LogP contribution in [0, 0.1) is 68.0 Å². The van der Waals surface area contributed by atoms with Crippen LogP contribution in [0.3, 0.4) is 0 Å². The number of hydrogen-bond acceptors (Lipinski definition) is 4. The highest BCUT2D eigenvalue weighted by Gasteiger charge is 2.71. The van der Waals surface area contributed by atoms with Crippen molar-refractivity contribution in [3.63, 3.8) is 0 Å². The van der Waals surface area contributed by atoms with E-state index in [1.807, 2.05) is 0 Å². The van der Waals surface area contributed by atoms with Crippen LogP contribution in [0.25, 0.3) is 0 Å². The third kappa shape index (κ3) is 5.34. The first-order chi connectivity index (χ1) is 21.4. The van der Waals surface area contributed by atoms with Crippen molar-refractivity contribution in [2.75, 3.05) is 13.1 Å². The zero-order valence-electron chi connectivity index (χ0n) is 30.7. The maximum Gasteiger partial charge on any atom is 0.309 e. The molecule has 260 valence electrons. The zero-order chi connectivity index (χ0) is 33.5. The van der Waals surface area contributed by atoms with Crippen LogP contribution in [0.1, 0.15) is 145 Å². The first-order valence-corrected chi connectivity index (χ1v) is 19.2. The standard InChI is InChI=1S/C41H67NO4/c1-26(2)28-14-19-41(22-23-42-25-27-10-11-27)21-20-39(8)29(34(28)41)12-13-31-38(7)17-16-32(46-33(43)24-36(3,4)35(44)45)37(5,6)30(38)15-18-40(31,39)9/h27-32,34,42H,1,10-25H2,2-9H3,(H,44,45)/t28-,29+,30-,31+,32-,34+,38-,39+,40+,41+/m0/s1. The van der Waals surface area contributed by atoms with Crippen LogP contribution in [-0.4, -0.2) is 36.2 Å². The molecule has 0 heterocycles. The molecule has 6 saturated carbocycles. The summed E-state index contributed by atoms with van der Waals surface area (Å²) in [4.78, 5) is 24.7. The number of aliphatic carboxylic acids is 1. The van der Waals surface area contributed by atoms with E-state index in [1.54, 1.807) is 13.8 Å². The quantitative estimate of drug-likeness (QED) is 0.142. The largest absolute Gasteiger partial charge is 0.481 e. The monoisotopic (exact) mass is 638 g/mol. The molecule has 46 heavy (non-hydrogen) atoms. The number of nitrogens with one attached hydrogen (secondary N) is 1. The molecular formula is C41H67NO4. The highest BCUT2D eigenvalue weighted by molar-refractivity contribution is 5.81. The molecule has 0 radical (unpaired) electrons. The van der Waals surface area contributed by atoms with E-state index in [4.69, 9.17) is 4.74 Å². The molecule has 0 saturated heterocycles. The predicted octanol–water partition coefficient (Wildman–Crippen LogP) is 9.45. The number of carbonyl (C=O) groups is 2. The van der Waals surface area contributed by atoms with Crippen LogP contribution >= 0.6 is 0 Å². The SMILES string of the molecule is C=C(C)[C@@H]1CC[C@]2(CCNCC3CC3)CC[C@]3(C)[C@H](CC[C@@H]4[C@@]5(C)CC[C@H](OC(=O)CC(C)(C)C(=O)O)C(C)(C)[C@@H]5CC[C@]43C)[C@@H]12. The molecule has 5 heteroatoms. The van der Waals surface area contributed by atoms with Crippen molar-refractivity contribution in [1.29, 1.82) is 0 Å². The van der Waals surface area contributed by atoms with Gasteiger partial charge >= 0.3 is 11.9 Å². The molecule has 10 atom stereocenters. The number of esters is 1. The third-order valence-corrected chi connectivity index (χ3v) is 16.5. The van der Waals surface area contributed by atoms with Crippen molar-refractivity contribution in [2.24, 2.45) is 68.0 Å².